The quantitative estimate of drug-likeness (QED) is 0.670. The van der Waals surface area contributed by atoms with Crippen molar-refractivity contribution in [2.24, 2.45) is 0 Å². The van der Waals surface area contributed by atoms with Crippen molar-refractivity contribution in [1.29, 1.82) is 0 Å². The van der Waals surface area contributed by atoms with Gasteiger partial charge in [0.05, 0.1) is 17.1 Å². The zero-order chi connectivity index (χ0) is 14.7. The first kappa shape index (κ1) is 14.5. The van der Waals surface area contributed by atoms with E-state index >= 15 is 0 Å². The van der Waals surface area contributed by atoms with E-state index < -0.39 is 11.0 Å². The van der Waals surface area contributed by atoms with Gasteiger partial charge in [-0.15, -0.1) is 0 Å². The number of aliphatic hydroxyl groups excluding tert-OH is 1. The van der Waals surface area contributed by atoms with E-state index in [-0.39, 0.29) is 5.69 Å². The minimum absolute atomic E-state index is 0.0258. The van der Waals surface area contributed by atoms with Crippen LogP contribution >= 0.6 is 15.9 Å². The molecule has 0 aliphatic rings. The Morgan fingerprint density at radius 3 is 2.55 bits per heavy atom. The summed E-state index contributed by atoms with van der Waals surface area (Å²) in [5.41, 5.74) is 0.721. The monoisotopic (exact) mass is 337 g/mol. The van der Waals surface area contributed by atoms with E-state index in [2.05, 4.69) is 15.9 Å². The van der Waals surface area contributed by atoms with Gasteiger partial charge in [0.15, 0.2) is 0 Å². The Bertz CT molecular complexity index is 643. The highest BCUT2D eigenvalue weighted by molar-refractivity contribution is 9.10. The maximum Gasteiger partial charge on any atom is 0.273 e. The summed E-state index contributed by atoms with van der Waals surface area (Å²) < 4.78 is 6.29. The van der Waals surface area contributed by atoms with Crippen molar-refractivity contribution in [2.45, 2.75) is 13.0 Å². The molecule has 0 radical (unpaired) electrons. The predicted molar refractivity (Wildman–Crippen MR) is 77.9 cm³/mol. The molecule has 2 aromatic carbocycles. The number of hydrogen-bond acceptors (Lipinski definition) is 4. The molecule has 2 aromatic rings. The summed E-state index contributed by atoms with van der Waals surface area (Å²) in [5, 5.41) is 20.2. The van der Waals surface area contributed by atoms with Crippen LogP contribution in [0.2, 0.25) is 0 Å². The summed E-state index contributed by atoms with van der Waals surface area (Å²) in [6, 6.07) is 11.1. The highest BCUT2D eigenvalue weighted by Crippen LogP contribution is 2.31. The lowest BCUT2D eigenvalue weighted by Gasteiger charge is -2.10. The van der Waals surface area contributed by atoms with Gasteiger partial charge in [-0.2, -0.15) is 0 Å². The largest absolute Gasteiger partial charge is 0.457 e. The van der Waals surface area contributed by atoms with Crippen LogP contribution in [0.25, 0.3) is 0 Å². The third-order valence-corrected chi connectivity index (χ3v) is 3.37. The molecule has 0 unspecified atom stereocenters. The van der Waals surface area contributed by atoms with Gasteiger partial charge in [-0.05, 0) is 30.7 Å². The smallest absolute Gasteiger partial charge is 0.273 e. The molecule has 0 saturated heterocycles. The van der Waals surface area contributed by atoms with E-state index in [0.29, 0.717) is 11.5 Å². The van der Waals surface area contributed by atoms with Gasteiger partial charge < -0.3 is 9.84 Å². The number of nitro benzene ring substituents is 1. The molecule has 0 bridgehead atoms. The number of nitrogens with zero attached hydrogens (tertiary/aromatic N) is 1. The molecule has 6 heteroatoms. The summed E-state index contributed by atoms with van der Waals surface area (Å²) in [5.74, 6) is 0.915. The molecule has 0 aliphatic heterocycles. The number of halogens is 1. The second-order valence-electron chi connectivity index (χ2n) is 4.22. The number of nitro groups is 1. The standard InChI is InChI=1S/C14H12BrNO4/c1-9(17)13-6-5-12(8-14(13)15)20-11-4-2-3-10(7-11)16(18)19/h2-9,17H,1H3/t9-/m1/s1. The molecule has 1 atom stereocenters. The van der Waals surface area contributed by atoms with Crippen LogP contribution < -0.4 is 4.74 Å². The second kappa shape index (κ2) is 6.02. The zero-order valence-electron chi connectivity index (χ0n) is 10.6. The number of benzene rings is 2. The van der Waals surface area contributed by atoms with Gasteiger partial charge in [-0.1, -0.05) is 28.1 Å². The van der Waals surface area contributed by atoms with Crippen LogP contribution in [0.15, 0.2) is 46.9 Å². The number of aliphatic hydroxyl groups is 1. The fourth-order valence-electron chi connectivity index (χ4n) is 1.71. The van der Waals surface area contributed by atoms with Crippen LogP contribution in [0.1, 0.15) is 18.6 Å². The van der Waals surface area contributed by atoms with Gasteiger partial charge >= 0.3 is 0 Å². The van der Waals surface area contributed by atoms with E-state index in [1.165, 1.54) is 12.1 Å². The Labute approximate surface area is 124 Å². The Kier molecular flexibility index (Phi) is 4.36. The van der Waals surface area contributed by atoms with Crippen LogP contribution in [0, 0.1) is 10.1 Å². The van der Waals surface area contributed by atoms with Gasteiger partial charge in [-0.25, -0.2) is 0 Å². The molecule has 104 valence electrons. The zero-order valence-corrected chi connectivity index (χ0v) is 12.2. The Morgan fingerprint density at radius 1 is 1.25 bits per heavy atom. The molecule has 0 amide bonds. The van der Waals surface area contributed by atoms with Crippen molar-refractivity contribution in [1.82, 2.24) is 0 Å². The first-order valence-corrected chi connectivity index (χ1v) is 6.66. The van der Waals surface area contributed by atoms with Crippen LogP contribution in [0.5, 0.6) is 11.5 Å². The van der Waals surface area contributed by atoms with Crippen LogP contribution in [-0.2, 0) is 0 Å². The van der Waals surface area contributed by atoms with Crippen molar-refractivity contribution in [3.63, 3.8) is 0 Å². The van der Waals surface area contributed by atoms with Crippen molar-refractivity contribution < 1.29 is 14.8 Å². The Hall–Kier alpha value is -1.92. The molecular formula is C14H12BrNO4. The summed E-state index contributed by atoms with van der Waals surface area (Å²) in [6.45, 7) is 1.67. The van der Waals surface area contributed by atoms with E-state index in [9.17, 15) is 15.2 Å². The average molecular weight is 338 g/mol. The first-order valence-electron chi connectivity index (χ1n) is 5.87. The Balaban J connectivity index is 2.24. The lowest BCUT2D eigenvalue weighted by molar-refractivity contribution is -0.384. The topological polar surface area (TPSA) is 72.6 Å². The molecular weight excluding hydrogens is 326 g/mol. The lowest BCUT2D eigenvalue weighted by Crippen LogP contribution is -1.93. The molecule has 1 N–H and O–H groups in total. The van der Waals surface area contributed by atoms with Gasteiger partial charge in [0.1, 0.15) is 11.5 Å². The minimum atomic E-state index is -0.587. The van der Waals surface area contributed by atoms with Gasteiger partial charge in [0.2, 0.25) is 0 Å². The molecule has 0 saturated carbocycles. The van der Waals surface area contributed by atoms with Crippen LogP contribution in [0.3, 0.4) is 0 Å². The summed E-state index contributed by atoms with van der Waals surface area (Å²) >= 11 is 3.35. The lowest BCUT2D eigenvalue weighted by atomic mass is 10.1. The van der Waals surface area contributed by atoms with Gasteiger partial charge in [0, 0.05) is 10.5 Å². The van der Waals surface area contributed by atoms with E-state index in [0.717, 1.165) is 10.0 Å². The fourth-order valence-corrected chi connectivity index (χ4v) is 2.40. The van der Waals surface area contributed by atoms with Crippen molar-refractivity contribution in [3.05, 3.63) is 62.6 Å². The SMILES string of the molecule is C[C@@H](O)c1ccc(Oc2cccc([N+](=O)[O-])c2)cc1Br. The third-order valence-electron chi connectivity index (χ3n) is 2.69. The van der Waals surface area contributed by atoms with E-state index in [1.54, 1.807) is 37.3 Å². The number of hydrogen-bond donors (Lipinski definition) is 1. The molecule has 0 fully saturated rings. The maximum atomic E-state index is 10.7. The van der Waals surface area contributed by atoms with Crippen molar-refractivity contribution in [3.8, 4) is 11.5 Å². The highest BCUT2D eigenvalue weighted by Gasteiger charge is 2.10. The maximum absolute atomic E-state index is 10.7. The first-order chi connectivity index (χ1) is 9.47. The number of rotatable bonds is 4. The molecule has 20 heavy (non-hydrogen) atoms. The number of non-ortho nitro benzene ring substituents is 1. The molecule has 0 heterocycles. The summed E-state index contributed by atoms with van der Waals surface area (Å²) in [6.07, 6.45) is -0.587. The van der Waals surface area contributed by atoms with Gasteiger partial charge in [-0.3, -0.25) is 10.1 Å². The number of ether oxygens (including phenoxy) is 1. The van der Waals surface area contributed by atoms with Crippen molar-refractivity contribution >= 4 is 21.6 Å². The minimum Gasteiger partial charge on any atom is -0.457 e. The molecule has 0 spiro atoms. The summed E-state index contributed by atoms with van der Waals surface area (Å²) in [4.78, 5) is 10.2. The molecule has 2 rings (SSSR count). The van der Waals surface area contributed by atoms with Crippen molar-refractivity contribution in [2.75, 3.05) is 0 Å². The molecule has 0 aromatic heterocycles. The summed E-state index contributed by atoms with van der Waals surface area (Å²) in [7, 11) is 0. The second-order valence-corrected chi connectivity index (χ2v) is 5.07. The van der Waals surface area contributed by atoms with E-state index in [4.69, 9.17) is 4.74 Å². The highest BCUT2D eigenvalue weighted by atomic mass is 79.9. The van der Waals surface area contributed by atoms with E-state index in [1.807, 2.05) is 0 Å². The van der Waals surface area contributed by atoms with Crippen LogP contribution in [0.4, 0.5) is 5.69 Å². The predicted octanol–water partition coefficient (Wildman–Crippen LogP) is 4.20. The fraction of sp³-hybridized carbons (Fsp3) is 0.143. The average Bonchev–Trinajstić information content (AvgIpc) is 2.38. The molecule has 0 aliphatic carbocycles. The molecule has 5 nitrogen and oxygen atoms in total. The van der Waals surface area contributed by atoms with Crippen LogP contribution in [-0.4, -0.2) is 10.0 Å². The normalized spacial score (nSPS) is 11.9. The van der Waals surface area contributed by atoms with Gasteiger partial charge in [0.25, 0.3) is 5.69 Å². The Morgan fingerprint density at radius 2 is 1.95 bits per heavy atom. The third kappa shape index (κ3) is 3.34.